The van der Waals surface area contributed by atoms with E-state index in [9.17, 15) is 0 Å². The van der Waals surface area contributed by atoms with Gasteiger partial charge in [-0.1, -0.05) is 41.9 Å². The molecule has 0 atom stereocenters. The molecule has 1 N–H and O–H groups in total. The molecule has 5 heteroatoms. The van der Waals surface area contributed by atoms with E-state index in [0.29, 0.717) is 17.0 Å². The summed E-state index contributed by atoms with van der Waals surface area (Å²) in [6, 6.07) is 10.2. The van der Waals surface area contributed by atoms with Gasteiger partial charge < -0.3 is 10.1 Å². The average Bonchev–Trinajstić information content (AvgIpc) is 2.89. The molecular formula is C18H20ClN3O. The molecule has 0 amide bonds. The third-order valence-corrected chi connectivity index (χ3v) is 3.83. The van der Waals surface area contributed by atoms with Crippen LogP contribution in [0.1, 0.15) is 31.4 Å². The first kappa shape index (κ1) is 15.8. The van der Waals surface area contributed by atoms with Gasteiger partial charge in [0.15, 0.2) is 0 Å². The van der Waals surface area contributed by atoms with Gasteiger partial charge in [0.2, 0.25) is 11.8 Å². The number of nitrogens with zero attached hydrogens (tertiary/aromatic N) is 2. The highest BCUT2D eigenvalue weighted by Gasteiger charge is 2.13. The molecule has 1 aromatic carbocycles. The van der Waals surface area contributed by atoms with Crippen molar-refractivity contribution < 1.29 is 4.74 Å². The van der Waals surface area contributed by atoms with Crippen LogP contribution in [-0.2, 0) is 6.42 Å². The Morgan fingerprint density at radius 3 is 2.91 bits per heavy atom. The zero-order chi connectivity index (χ0) is 16.2. The number of aromatic nitrogens is 2. The molecular weight excluding hydrogens is 310 g/mol. The summed E-state index contributed by atoms with van der Waals surface area (Å²) in [5, 5.41) is 3.61. The predicted octanol–water partition coefficient (Wildman–Crippen LogP) is 4.36. The van der Waals surface area contributed by atoms with Gasteiger partial charge in [-0.2, -0.15) is 4.98 Å². The number of hydrogen-bond acceptors (Lipinski definition) is 4. The van der Waals surface area contributed by atoms with Crippen LogP contribution in [0.25, 0.3) is 5.57 Å². The van der Waals surface area contributed by atoms with Crippen molar-refractivity contribution in [2.24, 2.45) is 0 Å². The van der Waals surface area contributed by atoms with Crippen molar-refractivity contribution in [1.29, 1.82) is 0 Å². The highest BCUT2D eigenvalue weighted by atomic mass is 35.5. The van der Waals surface area contributed by atoms with Gasteiger partial charge in [0, 0.05) is 12.6 Å². The third kappa shape index (κ3) is 4.02. The van der Waals surface area contributed by atoms with E-state index in [4.69, 9.17) is 16.3 Å². The summed E-state index contributed by atoms with van der Waals surface area (Å²) < 4.78 is 5.57. The minimum atomic E-state index is 0.0500. The Balaban J connectivity index is 1.60. The highest BCUT2D eigenvalue weighted by Crippen LogP contribution is 2.29. The molecule has 0 unspecified atom stereocenters. The van der Waals surface area contributed by atoms with E-state index in [0.717, 1.165) is 19.4 Å². The minimum Gasteiger partial charge on any atom is -0.475 e. The normalized spacial score (nSPS) is 13.0. The fourth-order valence-electron chi connectivity index (χ4n) is 2.68. The summed E-state index contributed by atoms with van der Waals surface area (Å²) in [6.45, 7) is 4.65. The maximum Gasteiger partial charge on any atom is 0.227 e. The van der Waals surface area contributed by atoms with Crippen LogP contribution in [0.3, 0.4) is 0 Å². The zero-order valence-corrected chi connectivity index (χ0v) is 14.1. The van der Waals surface area contributed by atoms with E-state index in [1.807, 2.05) is 13.8 Å². The fraction of sp³-hybridized carbons (Fsp3) is 0.333. The van der Waals surface area contributed by atoms with E-state index in [2.05, 4.69) is 45.6 Å². The zero-order valence-electron chi connectivity index (χ0n) is 13.3. The molecule has 23 heavy (non-hydrogen) atoms. The molecule has 1 aliphatic carbocycles. The quantitative estimate of drug-likeness (QED) is 0.800. The summed E-state index contributed by atoms with van der Waals surface area (Å²) in [6.07, 6.45) is 4.28. The summed E-state index contributed by atoms with van der Waals surface area (Å²) in [5.41, 5.74) is 4.12. The molecule has 120 valence electrons. The van der Waals surface area contributed by atoms with Gasteiger partial charge in [0.1, 0.15) is 5.15 Å². The standard InChI is InChI=1S/C18H20ClN3O/c1-12(2)23-17-11-16(19)21-18(22-17)20-10-9-14-8-7-13-5-3-4-6-15(13)14/h3-6,8,11-12H,7,9-10H2,1-2H3,(H,20,21,22). The second kappa shape index (κ2) is 7.01. The Bertz CT molecular complexity index is 728. The van der Waals surface area contributed by atoms with Crippen LogP contribution in [-0.4, -0.2) is 22.6 Å². The molecule has 0 spiro atoms. The number of anilines is 1. The molecule has 0 saturated carbocycles. The summed E-state index contributed by atoms with van der Waals surface area (Å²) in [5.74, 6) is 0.993. The number of nitrogens with one attached hydrogen (secondary N) is 1. The number of rotatable bonds is 6. The molecule has 0 bridgehead atoms. The van der Waals surface area contributed by atoms with Crippen molar-refractivity contribution in [3.63, 3.8) is 0 Å². The second-order valence-corrected chi connectivity index (χ2v) is 6.17. The Hall–Kier alpha value is -2.07. The van der Waals surface area contributed by atoms with Crippen molar-refractivity contribution in [2.75, 3.05) is 11.9 Å². The average molecular weight is 330 g/mol. The van der Waals surface area contributed by atoms with Crippen molar-refractivity contribution in [3.8, 4) is 5.88 Å². The van der Waals surface area contributed by atoms with Crippen LogP contribution in [0, 0.1) is 0 Å². The summed E-state index contributed by atoms with van der Waals surface area (Å²) in [4.78, 5) is 8.53. The second-order valence-electron chi connectivity index (χ2n) is 5.79. The predicted molar refractivity (Wildman–Crippen MR) is 94.0 cm³/mol. The Labute approximate surface area is 141 Å². The van der Waals surface area contributed by atoms with Gasteiger partial charge in [-0.15, -0.1) is 0 Å². The Kier molecular flexibility index (Phi) is 4.82. The van der Waals surface area contributed by atoms with Crippen LogP contribution >= 0.6 is 11.6 Å². The molecule has 1 heterocycles. The van der Waals surface area contributed by atoms with Gasteiger partial charge in [0.25, 0.3) is 0 Å². The molecule has 2 aromatic rings. The van der Waals surface area contributed by atoms with Crippen LogP contribution in [0.5, 0.6) is 5.88 Å². The fourth-order valence-corrected chi connectivity index (χ4v) is 2.85. The molecule has 1 aromatic heterocycles. The van der Waals surface area contributed by atoms with Crippen molar-refractivity contribution in [1.82, 2.24) is 9.97 Å². The van der Waals surface area contributed by atoms with E-state index in [-0.39, 0.29) is 6.10 Å². The lowest BCUT2D eigenvalue weighted by molar-refractivity contribution is 0.232. The number of halogens is 1. The molecule has 1 aliphatic rings. The lowest BCUT2D eigenvalue weighted by atomic mass is 10.0. The van der Waals surface area contributed by atoms with Gasteiger partial charge >= 0.3 is 0 Å². The number of hydrogen-bond donors (Lipinski definition) is 1. The number of allylic oxidation sites excluding steroid dienone is 1. The lowest BCUT2D eigenvalue weighted by Gasteiger charge is -2.11. The number of fused-ring (bicyclic) bond motifs is 1. The Morgan fingerprint density at radius 2 is 2.09 bits per heavy atom. The van der Waals surface area contributed by atoms with Gasteiger partial charge in [-0.25, -0.2) is 4.98 Å². The maximum absolute atomic E-state index is 6.02. The SMILES string of the molecule is CC(C)Oc1cc(Cl)nc(NCCC2=CCc3ccccc32)n1. The maximum atomic E-state index is 6.02. The van der Waals surface area contributed by atoms with Crippen molar-refractivity contribution in [3.05, 3.63) is 52.7 Å². The van der Waals surface area contributed by atoms with Crippen LogP contribution < -0.4 is 10.1 Å². The first-order valence-corrected chi connectivity index (χ1v) is 8.22. The molecule has 0 fully saturated rings. The summed E-state index contributed by atoms with van der Waals surface area (Å²) >= 11 is 6.02. The minimum absolute atomic E-state index is 0.0500. The molecule has 0 saturated heterocycles. The molecule has 3 rings (SSSR count). The number of benzene rings is 1. The van der Waals surface area contributed by atoms with Gasteiger partial charge in [0.05, 0.1) is 6.10 Å². The highest BCUT2D eigenvalue weighted by molar-refractivity contribution is 6.29. The van der Waals surface area contributed by atoms with E-state index in [1.165, 1.54) is 16.7 Å². The smallest absolute Gasteiger partial charge is 0.227 e. The van der Waals surface area contributed by atoms with Crippen LogP contribution in [0.15, 0.2) is 36.4 Å². The van der Waals surface area contributed by atoms with Crippen molar-refractivity contribution in [2.45, 2.75) is 32.8 Å². The molecule has 4 nitrogen and oxygen atoms in total. The molecule has 0 radical (unpaired) electrons. The first-order chi connectivity index (χ1) is 11.1. The van der Waals surface area contributed by atoms with E-state index in [1.54, 1.807) is 6.07 Å². The monoisotopic (exact) mass is 329 g/mol. The lowest BCUT2D eigenvalue weighted by Crippen LogP contribution is -2.10. The number of ether oxygens (including phenoxy) is 1. The third-order valence-electron chi connectivity index (χ3n) is 3.64. The van der Waals surface area contributed by atoms with Gasteiger partial charge in [-0.05, 0) is 43.4 Å². The van der Waals surface area contributed by atoms with Gasteiger partial charge in [-0.3, -0.25) is 0 Å². The van der Waals surface area contributed by atoms with E-state index < -0.39 is 0 Å². The first-order valence-electron chi connectivity index (χ1n) is 7.84. The van der Waals surface area contributed by atoms with Crippen LogP contribution in [0.4, 0.5) is 5.95 Å². The largest absolute Gasteiger partial charge is 0.475 e. The summed E-state index contributed by atoms with van der Waals surface area (Å²) in [7, 11) is 0. The Morgan fingerprint density at radius 1 is 1.26 bits per heavy atom. The molecule has 0 aliphatic heterocycles. The van der Waals surface area contributed by atoms with E-state index >= 15 is 0 Å². The topological polar surface area (TPSA) is 47.0 Å². The van der Waals surface area contributed by atoms with Crippen molar-refractivity contribution >= 4 is 23.1 Å². The van der Waals surface area contributed by atoms with Crippen LogP contribution in [0.2, 0.25) is 5.15 Å².